The van der Waals surface area contributed by atoms with Crippen LogP contribution in [-0.2, 0) is 9.53 Å². The number of hydrogen-bond acceptors (Lipinski definition) is 2. The van der Waals surface area contributed by atoms with Gasteiger partial charge in [0.15, 0.2) is 0 Å². The third-order valence-electron chi connectivity index (χ3n) is 16.3. The summed E-state index contributed by atoms with van der Waals surface area (Å²) < 4.78 is 6.16. The summed E-state index contributed by atoms with van der Waals surface area (Å²) in [7, 11) is 0. The molecular weight excluding hydrogens is 657 g/mol. The SMILES string of the molecule is CCCCCCCCCCCCCCCCCCCCCCC(=O)OC1CCC2(C)C(=CCC3C2CCC2(C)C(C(C)/C=C/C(CC)C(C)C)CCC32)C1. The summed E-state index contributed by atoms with van der Waals surface area (Å²) in [6, 6.07) is 0. The molecule has 4 aliphatic carbocycles. The molecule has 0 heterocycles. The number of carbonyl (C=O) groups is 1. The Bertz CT molecular complexity index is 1100. The minimum absolute atomic E-state index is 0.0625. The van der Waals surface area contributed by atoms with Crippen molar-refractivity contribution in [3.63, 3.8) is 0 Å². The van der Waals surface area contributed by atoms with Crippen molar-refractivity contribution >= 4 is 5.97 Å². The summed E-state index contributed by atoms with van der Waals surface area (Å²) in [5.74, 6) is 5.56. The Morgan fingerprint density at radius 1 is 0.704 bits per heavy atom. The number of esters is 1. The Morgan fingerprint density at radius 3 is 1.80 bits per heavy atom. The Hall–Kier alpha value is -1.05. The van der Waals surface area contributed by atoms with Crippen molar-refractivity contribution in [2.24, 2.45) is 52.3 Å². The smallest absolute Gasteiger partial charge is 0.306 e. The van der Waals surface area contributed by atoms with Gasteiger partial charge in [-0.05, 0) is 110 Å². The molecule has 0 aliphatic heterocycles. The molecule has 54 heavy (non-hydrogen) atoms. The van der Waals surface area contributed by atoms with E-state index < -0.39 is 0 Å². The van der Waals surface area contributed by atoms with Gasteiger partial charge in [0.2, 0.25) is 0 Å². The first kappa shape index (κ1) is 45.6. The highest BCUT2D eigenvalue weighted by molar-refractivity contribution is 5.69. The first-order valence-electron chi connectivity index (χ1n) is 24.7. The third-order valence-corrected chi connectivity index (χ3v) is 16.3. The molecule has 0 spiro atoms. The van der Waals surface area contributed by atoms with Crippen LogP contribution in [0.5, 0.6) is 0 Å². The molecule has 3 saturated carbocycles. The van der Waals surface area contributed by atoms with Gasteiger partial charge in [0.1, 0.15) is 6.10 Å². The number of fused-ring (bicyclic) bond motifs is 5. The van der Waals surface area contributed by atoms with Crippen LogP contribution >= 0.6 is 0 Å². The molecule has 4 rings (SSSR count). The summed E-state index contributed by atoms with van der Waals surface area (Å²) in [5, 5.41) is 0. The maximum Gasteiger partial charge on any atom is 0.306 e. The molecule has 4 aliphatic rings. The van der Waals surface area contributed by atoms with Crippen LogP contribution in [0.2, 0.25) is 0 Å². The van der Waals surface area contributed by atoms with Gasteiger partial charge in [0.25, 0.3) is 0 Å². The third kappa shape index (κ3) is 13.2. The first-order chi connectivity index (χ1) is 26.1. The second-order valence-electron chi connectivity index (χ2n) is 20.4. The fraction of sp³-hybridized carbons (Fsp3) is 0.904. The lowest BCUT2D eigenvalue weighted by Gasteiger charge is -2.58. The summed E-state index contributed by atoms with van der Waals surface area (Å²) in [6.07, 6.45) is 47.7. The molecule has 0 saturated heterocycles. The van der Waals surface area contributed by atoms with Crippen molar-refractivity contribution in [1.82, 2.24) is 0 Å². The van der Waals surface area contributed by atoms with Crippen molar-refractivity contribution in [2.75, 3.05) is 0 Å². The van der Waals surface area contributed by atoms with E-state index in [2.05, 4.69) is 66.7 Å². The van der Waals surface area contributed by atoms with Crippen molar-refractivity contribution in [2.45, 2.75) is 247 Å². The van der Waals surface area contributed by atoms with Crippen molar-refractivity contribution < 1.29 is 9.53 Å². The zero-order valence-electron chi connectivity index (χ0n) is 37.4. The van der Waals surface area contributed by atoms with Crippen LogP contribution in [0, 0.1) is 52.3 Å². The standard InChI is InChI=1S/C52H92O2/c1-8-10-11-12-13-14-15-16-17-18-19-20-21-22-23-24-25-26-27-28-29-50(53)54-45-36-38-51(6)44(40-45)32-33-46-48-35-34-47(52(48,7)39-37-49(46)51)42(5)30-31-43(9-2)41(3)4/h30-32,41-43,45-49H,8-29,33-40H2,1-7H3/b31-30+. The summed E-state index contributed by atoms with van der Waals surface area (Å²) in [5.41, 5.74) is 2.44. The van der Waals surface area contributed by atoms with Crippen molar-refractivity contribution in [1.29, 1.82) is 0 Å². The maximum atomic E-state index is 12.9. The Labute approximate surface area is 337 Å². The zero-order valence-corrected chi connectivity index (χ0v) is 37.4. The maximum absolute atomic E-state index is 12.9. The molecule has 2 heteroatoms. The van der Waals surface area contributed by atoms with E-state index in [4.69, 9.17) is 4.74 Å². The average molecular weight is 749 g/mol. The molecular formula is C52H92O2. The molecule has 312 valence electrons. The first-order valence-corrected chi connectivity index (χ1v) is 24.7. The molecule has 0 aromatic heterocycles. The van der Waals surface area contributed by atoms with E-state index in [-0.39, 0.29) is 12.1 Å². The average Bonchev–Trinajstić information content (AvgIpc) is 3.51. The summed E-state index contributed by atoms with van der Waals surface area (Å²) in [6.45, 7) is 17.2. The predicted molar refractivity (Wildman–Crippen MR) is 235 cm³/mol. The minimum Gasteiger partial charge on any atom is -0.462 e. The normalized spacial score (nSPS) is 30.5. The zero-order chi connectivity index (χ0) is 38.8. The number of carbonyl (C=O) groups excluding carboxylic acids is 1. The van der Waals surface area contributed by atoms with Crippen LogP contribution in [0.1, 0.15) is 241 Å². The molecule has 0 amide bonds. The van der Waals surface area contributed by atoms with E-state index in [1.54, 1.807) is 5.57 Å². The van der Waals surface area contributed by atoms with Crippen LogP contribution in [0.15, 0.2) is 23.8 Å². The van der Waals surface area contributed by atoms with Crippen LogP contribution in [0.4, 0.5) is 0 Å². The molecule has 0 aromatic rings. The van der Waals surface area contributed by atoms with Crippen LogP contribution < -0.4 is 0 Å². The molecule has 0 radical (unpaired) electrons. The van der Waals surface area contributed by atoms with E-state index >= 15 is 0 Å². The largest absolute Gasteiger partial charge is 0.462 e. The van der Waals surface area contributed by atoms with Crippen molar-refractivity contribution in [3.05, 3.63) is 23.8 Å². The molecule has 9 atom stereocenters. The Balaban J connectivity index is 1.04. The van der Waals surface area contributed by atoms with Gasteiger partial charge in [-0.15, -0.1) is 0 Å². The monoisotopic (exact) mass is 749 g/mol. The molecule has 0 N–H and O–H groups in total. The Kier molecular flexibility index (Phi) is 20.3. The predicted octanol–water partition coefficient (Wildman–Crippen LogP) is 16.6. The quantitative estimate of drug-likeness (QED) is 0.0475. The van der Waals surface area contributed by atoms with Gasteiger partial charge in [0, 0.05) is 12.8 Å². The van der Waals surface area contributed by atoms with Crippen LogP contribution in [0.3, 0.4) is 0 Å². The van der Waals surface area contributed by atoms with E-state index in [1.807, 2.05) is 0 Å². The van der Waals surface area contributed by atoms with E-state index in [0.29, 0.717) is 29.1 Å². The number of rotatable bonds is 27. The number of ether oxygens (including phenoxy) is 1. The van der Waals surface area contributed by atoms with Crippen LogP contribution in [0.25, 0.3) is 0 Å². The molecule has 0 aromatic carbocycles. The molecule has 9 unspecified atom stereocenters. The molecule has 2 nitrogen and oxygen atoms in total. The van der Waals surface area contributed by atoms with E-state index in [1.165, 1.54) is 167 Å². The van der Waals surface area contributed by atoms with Gasteiger partial charge < -0.3 is 4.74 Å². The van der Waals surface area contributed by atoms with E-state index in [9.17, 15) is 4.79 Å². The highest BCUT2D eigenvalue weighted by atomic mass is 16.5. The highest BCUT2D eigenvalue weighted by Crippen LogP contribution is 2.67. The van der Waals surface area contributed by atoms with Crippen LogP contribution in [-0.4, -0.2) is 12.1 Å². The summed E-state index contributed by atoms with van der Waals surface area (Å²) in [4.78, 5) is 12.9. The second-order valence-corrected chi connectivity index (χ2v) is 20.4. The fourth-order valence-corrected chi connectivity index (χ4v) is 12.7. The fourth-order valence-electron chi connectivity index (χ4n) is 12.7. The Morgan fingerprint density at radius 2 is 1.26 bits per heavy atom. The van der Waals surface area contributed by atoms with Gasteiger partial charge in [-0.2, -0.15) is 0 Å². The van der Waals surface area contributed by atoms with Crippen molar-refractivity contribution in [3.8, 4) is 0 Å². The van der Waals surface area contributed by atoms with Gasteiger partial charge >= 0.3 is 5.97 Å². The van der Waals surface area contributed by atoms with Gasteiger partial charge in [0.05, 0.1) is 0 Å². The number of allylic oxidation sites excluding steroid dienone is 3. The number of hydrogen-bond donors (Lipinski definition) is 0. The lowest BCUT2D eigenvalue weighted by Crippen LogP contribution is -2.51. The lowest BCUT2D eigenvalue weighted by atomic mass is 9.47. The highest BCUT2D eigenvalue weighted by Gasteiger charge is 2.59. The molecule has 3 fully saturated rings. The van der Waals surface area contributed by atoms with Gasteiger partial charge in [-0.1, -0.05) is 194 Å². The number of unbranched alkanes of at least 4 members (excludes halogenated alkanes) is 19. The summed E-state index contributed by atoms with van der Waals surface area (Å²) >= 11 is 0. The molecule has 0 bridgehead atoms. The van der Waals surface area contributed by atoms with Gasteiger partial charge in [-0.25, -0.2) is 0 Å². The van der Waals surface area contributed by atoms with E-state index in [0.717, 1.165) is 48.9 Å². The van der Waals surface area contributed by atoms with Gasteiger partial charge in [-0.3, -0.25) is 4.79 Å². The lowest BCUT2D eigenvalue weighted by molar-refractivity contribution is -0.151. The minimum atomic E-state index is 0.0625. The second kappa shape index (κ2) is 24.0. The topological polar surface area (TPSA) is 26.3 Å².